The first-order valence-electron chi connectivity index (χ1n) is 10.7. The minimum absolute atomic E-state index is 0.0685. The number of H-pyrrole nitrogens is 1. The minimum Gasteiger partial charge on any atom is -0.479 e. The zero-order valence-electron chi connectivity index (χ0n) is 18.3. The van der Waals surface area contributed by atoms with E-state index in [0.29, 0.717) is 23.6 Å². The third kappa shape index (κ3) is 4.03. The fraction of sp³-hybridized carbons (Fsp3) is 0.240. The molecule has 168 valence electrons. The Morgan fingerprint density at radius 2 is 2.12 bits per heavy atom. The SMILES string of the molecule is COCCc1nc(-c2ccc3c(c2)N(CC(=O)c2c[nH]c4ccccc24)C(=O)C(C)O3)cs1. The number of aromatic amines is 1. The quantitative estimate of drug-likeness (QED) is 0.410. The number of carbonyl (C=O) groups excluding carboxylic acids is 2. The summed E-state index contributed by atoms with van der Waals surface area (Å²) >= 11 is 1.57. The van der Waals surface area contributed by atoms with Gasteiger partial charge in [0.15, 0.2) is 11.9 Å². The zero-order valence-corrected chi connectivity index (χ0v) is 19.1. The van der Waals surface area contributed by atoms with Crippen LogP contribution in [0.2, 0.25) is 0 Å². The summed E-state index contributed by atoms with van der Waals surface area (Å²) in [6.45, 7) is 2.24. The molecule has 0 radical (unpaired) electrons. The maximum atomic E-state index is 13.2. The second kappa shape index (κ2) is 8.80. The summed E-state index contributed by atoms with van der Waals surface area (Å²) in [4.78, 5) is 35.6. The largest absolute Gasteiger partial charge is 0.479 e. The fourth-order valence-electron chi connectivity index (χ4n) is 4.01. The topological polar surface area (TPSA) is 84.5 Å². The zero-order chi connectivity index (χ0) is 22.9. The van der Waals surface area contributed by atoms with Crippen LogP contribution in [-0.2, 0) is 16.0 Å². The molecule has 4 aromatic rings. The van der Waals surface area contributed by atoms with Crippen LogP contribution in [0.5, 0.6) is 5.75 Å². The van der Waals surface area contributed by atoms with Crippen LogP contribution in [-0.4, -0.2) is 48.0 Å². The summed E-state index contributed by atoms with van der Waals surface area (Å²) in [5, 5.41) is 3.82. The van der Waals surface area contributed by atoms with Crippen molar-refractivity contribution in [1.82, 2.24) is 9.97 Å². The van der Waals surface area contributed by atoms with E-state index in [-0.39, 0.29) is 18.2 Å². The van der Waals surface area contributed by atoms with Crippen LogP contribution in [0.25, 0.3) is 22.2 Å². The van der Waals surface area contributed by atoms with Gasteiger partial charge < -0.3 is 14.5 Å². The first kappa shape index (κ1) is 21.4. The molecule has 0 spiro atoms. The van der Waals surface area contributed by atoms with Crippen molar-refractivity contribution in [3.8, 4) is 17.0 Å². The monoisotopic (exact) mass is 461 g/mol. The molecule has 5 rings (SSSR count). The number of anilines is 1. The third-order valence-electron chi connectivity index (χ3n) is 5.73. The summed E-state index contributed by atoms with van der Waals surface area (Å²) in [7, 11) is 1.67. The Hall–Kier alpha value is -3.49. The molecule has 33 heavy (non-hydrogen) atoms. The van der Waals surface area contributed by atoms with Crippen molar-refractivity contribution >= 4 is 39.6 Å². The number of ketones is 1. The summed E-state index contributed by atoms with van der Waals surface area (Å²) in [5.41, 5.74) is 3.72. The summed E-state index contributed by atoms with van der Waals surface area (Å²) < 4.78 is 11.0. The number of Topliss-reactive ketones (excluding diaryl/α,β-unsaturated/α-hetero) is 1. The molecule has 1 atom stereocenters. The average Bonchev–Trinajstić information content (AvgIpc) is 3.48. The van der Waals surface area contributed by atoms with E-state index in [9.17, 15) is 9.59 Å². The first-order chi connectivity index (χ1) is 16.0. The highest BCUT2D eigenvalue weighted by Crippen LogP contribution is 2.38. The predicted molar refractivity (Wildman–Crippen MR) is 128 cm³/mol. The highest BCUT2D eigenvalue weighted by molar-refractivity contribution is 7.09. The van der Waals surface area contributed by atoms with Crippen LogP contribution in [0.15, 0.2) is 54.0 Å². The van der Waals surface area contributed by atoms with E-state index < -0.39 is 6.10 Å². The van der Waals surface area contributed by atoms with Gasteiger partial charge in [-0.3, -0.25) is 14.5 Å². The number of nitrogens with one attached hydrogen (secondary N) is 1. The van der Waals surface area contributed by atoms with Gasteiger partial charge in [-0.15, -0.1) is 11.3 Å². The number of para-hydroxylation sites is 1. The molecule has 1 amide bonds. The number of benzene rings is 2. The summed E-state index contributed by atoms with van der Waals surface area (Å²) in [5.74, 6) is 0.195. The average molecular weight is 462 g/mol. The van der Waals surface area contributed by atoms with Crippen LogP contribution in [0.3, 0.4) is 0 Å². The third-order valence-corrected chi connectivity index (χ3v) is 6.63. The number of amides is 1. The van der Waals surface area contributed by atoms with Gasteiger partial charge in [0.1, 0.15) is 5.75 Å². The maximum Gasteiger partial charge on any atom is 0.268 e. The van der Waals surface area contributed by atoms with Gasteiger partial charge in [-0.2, -0.15) is 0 Å². The van der Waals surface area contributed by atoms with E-state index >= 15 is 0 Å². The first-order valence-corrected chi connectivity index (χ1v) is 11.6. The van der Waals surface area contributed by atoms with Gasteiger partial charge in [0.05, 0.1) is 29.5 Å². The van der Waals surface area contributed by atoms with Crippen molar-refractivity contribution in [2.75, 3.05) is 25.2 Å². The molecule has 0 fully saturated rings. The number of hydrogen-bond donors (Lipinski definition) is 1. The van der Waals surface area contributed by atoms with Crippen LogP contribution >= 0.6 is 11.3 Å². The highest BCUT2D eigenvalue weighted by Gasteiger charge is 2.33. The summed E-state index contributed by atoms with van der Waals surface area (Å²) in [6.07, 6.45) is 1.78. The van der Waals surface area contributed by atoms with Gasteiger partial charge in [-0.1, -0.05) is 18.2 Å². The molecule has 2 aromatic heterocycles. The van der Waals surface area contributed by atoms with E-state index in [1.807, 2.05) is 47.8 Å². The normalized spacial score (nSPS) is 15.5. The fourth-order valence-corrected chi connectivity index (χ4v) is 4.80. The van der Waals surface area contributed by atoms with Crippen molar-refractivity contribution in [2.45, 2.75) is 19.4 Å². The standard InChI is InChI=1S/C25H23N3O4S/c1-15-25(30)28(13-22(29)18-12-26-19-6-4-3-5-17(18)19)21-11-16(7-8-23(21)32-15)20-14-33-24(27-20)9-10-31-2/h3-8,11-12,14-15,26H,9-10,13H2,1-2H3. The van der Waals surface area contributed by atoms with Crippen molar-refractivity contribution in [3.63, 3.8) is 0 Å². The highest BCUT2D eigenvalue weighted by atomic mass is 32.1. The number of rotatable bonds is 7. The van der Waals surface area contributed by atoms with Crippen LogP contribution in [0, 0.1) is 0 Å². The van der Waals surface area contributed by atoms with Crippen LogP contribution < -0.4 is 9.64 Å². The number of methoxy groups -OCH3 is 1. The Balaban J connectivity index is 1.47. The second-order valence-electron chi connectivity index (χ2n) is 7.91. The number of fused-ring (bicyclic) bond motifs is 2. The van der Waals surface area contributed by atoms with Crippen LogP contribution in [0.4, 0.5) is 5.69 Å². The Morgan fingerprint density at radius 3 is 2.97 bits per heavy atom. The van der Waals surface area contributed by atoms with E-state index in [2.05, 4.69) is 9.97 Å². The number of aromatic nitrogens is 2. The number of nitrogens with zero attached hydrogens (tertiary/aromatic N) is 2. The lowest BCUT2D eigenvalue weighted by Gasteiger charge is -2.32. The molecule has 0 aliphatic carbocycles. The summed E-state index contributed by atoms with van der Waals surface area (Å²) in [6, 6.07) is 13.3. The van der Waals surface area contributed by atoms with E-state index in [0.717, 1.165) is 33.6 Å². The number of thiazole rings is 1. The van der Waals surface area contributed by atoms with Gasteiger partial charge in [-0.25, -0.2) is 4.98 Å². The molecule has 0 saturated carbocycles. The number of carbonyl (C=O) groups is 2. The molecular formula is C25H23N3O4S. The Morgan fingerprint density at radius 1 is 1.27 bits per heavy atom. The lowest BCUT2D eigenvalue weighted by atomic mass is 10.1. The second-order valence-corrected chi connectivity index (χ2v) is 8.85. The van der Waals surface area contributed by atoms with Gasteiger partial charge in [-0.05, 0) is 31.2 Å². The Labute approximate surface area is 195 Å². The molecule has 8 heteroatoms. The van der Waals surface area contributed by atoms with Crippen LogP contribution in [0.1, 0.15) is 22.3 Å². The van der Waals surface area contributed by atoms with E-state index in [4.69, 9.17) is 9.47 Å². The van der Waals surface area contributed by atoms with Crippen molar-refractivity contribution in [3.05, 3.63) is 64.6 Å². The predicted octanol–water partition coefficient (Wildman–Crippen LogP) is 4.48. The number of hydrogen-bond acceptors (Lipinski definition) is 6. The molecule has 1 aliphatic heterocycles. The van der Waals surface area contributed by atoms with Crippen molar-refractivity contribution < 1.29 is 19.1 Å². The lowest BCUT2D eigenvalue weighted by molar-refractivity contribution is -0.125. The maximum absolute atomic E-state index is 13.2. The molecule has 0 bridgehead atoms. The van der Waals surface area contributed by atoms with Gasteiger partial charge in [0, 0.05) is 47.1 Å². The molecule has 0 saturated heterocycles. The van der Waals surface area contributed by atoms with E-state index in [1.165, 1.54) is 4.90 Å². The molecule has 1 unspecified atom stereocenters. The van der Waals surface area contributed by atoms with Gasteiger partial charge in [0.25, 0.3) is 5.91 Å². The Kier molecular flexibility index (Phi) is 5.70. The minimum atomic E-state index is -0.668. The molecular weight excluding hydrogens is 438 g/mol. The van der Waals surface area contributed by atoms with Crippen molar-refractivity contribution in [1.29, 1.82) is 0 Å². The molecule has 3 heterocycles. The molecule has 2 aromatic carbocycles. The molecule has 1 aliphatic rings. The van der Waals surface area contributed by atoms with Crippen molar-refractivity contribution in [2.24, 2.45) is 0 Å². The van der Waals surface area contributed by atoms with E-state index in [1.54, 1.807) is 31.6 Å². The Bertz CT molecular complexity index is 1340. The smallest absolute Gasteiger partial charge is 0.268 e. The van der Waals surface area contributed by atoms with Gasteiger partial charge in [0.2, 0.25) is 0 Å². The lowest BCUT2D eigenvalue weighted by Crippen LogP contribution is -2.46. The van der Waals surface area contributed by atoms with Gasteiger partial charge >= 0.3 is 0 Å². The number of ether oxygens (including phenoxy) is 2. The molecule has 1 N–H and O–H groups in total. The molecule has 7 nitrogen and oxygen atoms in total.